The Hall–Kier alpha value is -0.430. The number of fused-ring (bicyclic) bond motifs is 3. The van der Waals surface area contributed by atoms with Crippen molar-refractivity contribution in [2.45, 2.75) is 36.4 Å². The van der Waals surface area contributed by atoms with Gasteiger partial charge in [0.2, 0.25) is 10.0 Å². The lowest BCUT2D eigenvalue weighted by Gasteiger charge is -2.49. The molecule has 4 rings (SSSR count). The topological polar surface area (TPSA) is 49.4 Å². The molecule has 1 N–H and O–H groups in total. The molecule has 4 heterocycles. The number of nitrogens with one attached hydrogen (secondary N) is 1. The molecule has 1 unspecified atom stereocenters. The molecule has 0 aromatic carbocycles. The van der Waals surface area contributed by atoms with Gasteiger partial charge in [-0.2, -0.15) is 0 Å². The molecule has 0 aliphatic carbocycles. The number of rotatable bonds is 5. The third-order valence-electron chi connectivity index (χ3n) is 4.81. The molecule has 0 radical (unpaired) electrons. The lowest BCUT2D eigenvalue weighted by Crippen LogP contribution is -2.56. The van der Waals surface area contributed by atoms with E-state index in [1.807, 2.05) is 0 Å². The minimum absolute atomic E-state index is 0.381. The molecular formula is C14H22N2O2S2. The van der Waals surface area contributed by atoms with Gasteiger partial charge in [-0.3, -0.25) is 4.90 Å². The van der Waals surface area contributed by atoms with Gasteiger partial charge >= 0.3 is 0 Å². The maximum absolute atomic E-state index is 12.1. The zero-order valence-corrected chi connectivity index (χ0v) is 13.4. The molecule has 0 amide bonds. The van der Waals surface area contributed by atoms with Crippen LogP contribution in [0.25, 0.3) is 0 Å². The van der Waals surface area contributed by atoms with Crippen molar-refractivity contribution in [2.75, 3.05) is 19.6 Å². The number of piperidine rings is 3. The fourth-order valence-corrected chi connectivity index (χ4v) is 5.73. The minimum atomic E-state index is -3.31. The first kappa shape index (κ1) is 14.5. The second-order valence-electron chi connectivity index (χ2n) is 5.89. The van der Waals surface area contributed by atoms with Crippen LogP contribution in [0.5, 0.6) is 0 Å². The zero-order chi connectivity index (χ0) is 14.2. The van der Waals surface area contributed by atoms with E-state index in [4.69, 9.17) is 0 Å². The normalized spacial score (nSPS) is 33.5. The monoisotopic (exact) mass is 314 g/mol. The summed E-state index contributed by atoms with van der Waals surface area (Å²) < 4.78 is 27.5. The summed E-state index contributed by atoms with van der Waals surface area (Å²) in [6.07, 6.45) is 3.67. The lowest BCUT2D eigenvalue weighted by atomic mass is 9.74. The molecule has 112 valence electrons. The second kappa shape index (κ2) is 5.75. The number of sulfonamides is 1. The Labute approximate surface area is 125 Å². The molecule has 6 heteroatoms. The van der Waals surface area contributed by atoms with Crippen LogP contribution in [0.15, 0.2) is 21.7 Å². The summed E-state index contributed by atoms with van der Waals surface area (Å²) in [5, 5.41) is 1.80. The Kier molecular flexibility index (Phi) is 4.17. The van der Waals surface area contributed by atoms with E-state index < -0.39 is 10.0 Å². The van der Waals surface area contributed by atoms with Gasteiger partial charge in [0.05, 0.1) is 0 Å². The van der Waals surface area contributed by atoms with Gasteiger partial charge in [0.25, 0.3) is 0 Å². The van der Waals surface area contributed by atoms with Crippen molar-refractivity contribution in [2.24, 2.45) is 11.8 Å². The third kappa shape index (κ3) is 2.79. The zero-order valence-electron chi connectivity index (χ0n) is 11.8. The molecule has 0 spiro atoms. The summed E-state index contributed by atoms with van der Waals surface area (Å²) in [6.45, 7) is 5.09. The van der Waals surface area contributed by atoms with Crippen molar-refractivity contribution in [3.8, 4) is 0 Å². The van der Waals surface area contributed by atoms with Gasteiger partial charge in [-0.1, -0.05) is 19.4 Å². The number of thiophene rings is 1. The van der Waals surface area contributed by atoms with Crippen molar-refractivity contribution in [1.29, 1.82) is 0 Å². The van der Waals surface area contributed by atoms with E-state index in [1.54, 1.807) is 17.5 Å². The highest BCUT2D eigenvalue weighted by atomic mass is 32.2. The molecule has 20 heavy (non-hydrogen) atoms. The van der Waals surface area contributed by atoms with E-state index in [9.17, 15) is 8.42 Å². The Morgan fingerprint density at radius 1 is 1.50 bits per heavy atom. The molecule has 4 nitrogen and oxygen atoms in total. The van der Waals surface area contributed by atoms with E-state index in [2.05, 4.69) is 16.5 Å². The highest BCUT2D eigenvalue weighted by Crippen LogP contribution is 2.37. The van der Waals surface area contributed by atoms with Crippen molar-refractivity contribution in [1.82, 2.24) is 9.62 Å². The smallest absolute Gasteiger partial charge is 0.250 e. The predicted molar refractivity (Wildman–Crippen MR) is 81.4 cm³/mol. The first-order valence-electron chi connectivity index (χ1n) is 7.37. The number of hydrogen-bond donors (Lipinski definition) is 1. The highest BCUT2D eigenvalue weighted by Gasteiger charge is 2.39. The van der Waals surface area contributed by atoms with Crippen LogP contribution in [0, 0.1) is 11.8 Å². The fraction of sp³-hybridized carbons (Fsp3) is 0.714. The average molecular weight is 314 g/mol. The molecule has 1 aromatic heterocycles. The molecule has 3 aliphatic rings. The third-order valence-corrected chi connectivity index (χ3v) is 7.63. The maximum atomic E-state index is 12.1. The van der Waals surface area contributed by atoms with Crippen molar-refractivity contribution >= 4 is 21.4 Å². The van der Waals surface area contributed by atoms with Crippen LogP contribution < -0.4 is 4.72 Å². The molecule has 3 saturated heterocycles. The molecule has 4 atom stereocenters. The first-order valence-corrected chi connectivity index (χ1v) is 9.73. The van der Waals surface area contributed by atoms with E-state index in [1.165, 1.54) is 24.2 Å². The lowest BCUT2D eigenvalue weighted by molar-refractivity contribution is 0.00237. The molecular weight excluding hydrogens is 292 g/mol. The van der Waals surface area contributed by atoms with Crippen LogP contribution >= 0.6 is 11.3 Å². The van der Waals surface area contributed by atoms with Crippen LogP contribution in [0.3, 0.4) is 0 Å². The van der Waals surface area contributed by atoms with E-state index in [-0.39, 0.29) is 0 Å². The van der Waals surface area contributed by atoms with Gasteiger partial charge in [0.1, 0.15) is 4.21 Å². The largest absolute Gasteiger partial charge is 0.299 e. The van der Waals surface area contributed by atoms with Gasteiger partial charge in [-0.25, -0.2) is 13.1 Å². The number of nitrogens with zero attached hydrogens (tertiary/aromatic N) is 1. The summed E-state index contributed by atoms with van der Waals surface area (Å²) in [6, 6.07) is 3.82. The van der Waals surface area contributed by atoms with Crippen LogP contribution in [-0.4, -0.2) is 39.0 Å². The van der Waals surface area contributed by atoms with Crippen molar-refractivity contribution in [3.63, 3.8) is 0 Å². The van der Waals surface area contributed by atoms with Crippen LogP contribution in [0.2, 0.25) is 0 Å². The Morgan fingerprint density at radius 2 is 2.35 bits per heavy atom. The number of hydrogen-bond acceptors (Lipinski definition) is 4. The summed E-state index contributed by atoms with van der Waals surface area (Å²) >= 11 is 1.27. The molecule has 1 aromatic rings. The quantitative estimate of drug-likeness (QED) is 0.906. The summed E-state index contributed by atoms with van der Waals surface area (Å²) in [5.41, 5.74) is 0. The van der Waals surface area contributed by atoms with Crippen LogP contribution in [-0.2, 0) is 10.0 Å². The Bertz CT molecular complexity index is 542. The van der Waals surface area contributed by atoms with E-state index in [0.717, 1.165) is 31.3 Å². The summed E-state index contributed by atoms with van der Waals surface area (Å²) in [5.74, 6) is 1.61. The van der Waals surface area contributed by atoms with Gasteiger partial charge in [-0.15, -0.1) is 11.3 Å². The van der Waals surface area contributed by atoms with Gasteiger partial charge in [-0.05, 0) is 42.7 Å². The second-order valence-corrected chi connectivity index (χ2v) is 8.83. The maximum Gasteiger partial charge on any atom is 0.250 e. The fourth-order valence-electron chi connectivity index (χ4n) is 3.62. The van der Waals surface area contributed by atoms with Crippen LogP contribution in [0.1, 0.15) is 26.2 Å². The average Bonchev–Trinajstić information content (AvgIpc) is 3.01. The Balaban J connectivity index is 1.60. The molecule has 3 aliphatic heterocycles. The highest BCUT2D eigenvalue weighted by molar-refractivity contribution is 7.91. The predicted octanol–water partition coefficient (Wildman–Crippen LogP) is 2.15. The molecule has 3 fully saturated rings. The molecule has 0 saturated carbocycles. The van der Waals surface area contributed by atoms with Crippen molar-refractivity contribution < 1.29 is 8.42 Å². The SMILES string of the molecule is CC[C@H]1CN2CC[C@H]1C[C@H]2CNS(=O)(=O)c1cccs1. The van der Waals surface area contributed by atoms with E-state index in [0.29, 0.717) is 16.8 Å². The van der Waals surface area contributed by atoms with Gasteiger partial charge < -0.3 is 0 Å². The van der Waals surface area contributed by atoms with Crippen molar-refractivity contribution in [3.05, 3.63) is 17.5 Å². The minimum Gasteiger partial charge on any atom is -0.299 e. The van der Waals surface area contributed by atoms with E-state index >= 15 is 0 Å². The first-order chi connectivity index (χ1) is 9.60. The molecule has 2 bridgehead atoms. The van der Waals surface area contributed by atoms with Gasteiger partial charge in [0.15, 0.2) is 0 Å². The summed E-state index contributed by atoms with van der Waals surface area (Å²) in [4.78, 5) is 2.48. The summed E-state index contributed by atoms with van der Waals surface area (Å²) in [7, 11) is -3.31. The van der Waals surface area contributed by atoms with Crippen LogP contribution in [0.4, 0.5) is 0 Å². The standard InChI is InChI=1S/C14H22N2O2S2/c1-2-11-10-16-6-5-12(11)8-13(16)9-15-20(17,18)14-4-3-7-19-14/h3-4,7,11-13,15H,2,5-6,8-10H2,1H3/t11-,12-,13-/m0/s1. The van der Waals surface area contributed by atoms with Gasteiger partial charge in [0, 0.05) is 19.1 Å². The Morgan fingerprint density at radius 3 is 2.95 bits per heavy atom.